The number of benzene rings is 2. The van der Waals surface area contributed by atoms with Crippen molar-refractivity contribution in [3.05, 3.63) is 59.8 Å². The number of aromatic nitrogens is 1. The van der Waals surface area contributed by atoms with Gasteiger partial charge in [-0.2, -0.15) is 0 Å². The van der Waals surface area contributed by atoms with E-state index in [0.29, 0.717) is 22.7 Å². The zero-order chi connectivity index (χ0) is 16.4. The van der Waals surface area contributed by atoms with E-state index in [4.69, 9.17) is 4.74 Å². The predicted molar refractivity (Wildman–Crippen MR) is 89.3 cm³/mol. The van der Waals surface area contributed by atoms with E-state index < -0.39 is 0 Å². The highest BCUT2D eigenvalue weighted by Crippen LogP contribution is 2.25. The molecule has 5 heteroatoms. The van der Waals surface area contributed by atoms with E-state index in [1.165, 1.54) is 6.92 Å². The fourth-order valence-electron chi connectivity index (χ4n) is 2.41. The minimum atomic E-state index is -0.251. The SMILES string of the molecule is COc1cccc2cc(C(=O)Nc3ccc(C(C)=O)cc3)[nH]c12. The molecule has 0 radical (unpaired) electrons. The highest BCUT2D eigenvalue weighted by Gasteiger charge is 2.12. The molecular weight excluding hydrogens is 292 g/mol. The maximum atomic E-state index is 12.4. The number of hydrogen-bond donors (Lipinski definition) is 2. The number of H-pyrrole nitrogens is 1. The molecule has 0 saturated carbocycles. The third-order valence-electron chi connectivity index (χ3n) is 3.63. The van der Waals surface area contributed by atoms with Crippen LogP contribution >= 0.6 is 0 Å². The molecule has 0 aliphatic heterocycles. The predicted octanol–water partition coefficient (Wildman–Crippen LogP) is 3.63. The lowest BCUT2D eigenvalue weighted by molar-refractivity contribution is 0.101. The molecule has 5 nitrogen and oxygen atoms in total. The second-order valence-electron chi connectivity index (χ2n) is 5.20. The van der Waals surface area contributed by atoms with Crippen molar-refractivity contribution in [2.45, 2.75) is 6.92 Å². The summed E-state index contributed by atoms with van der Waals surface area (Å²) in [6.07, 6.45) is 0. The molecule has 0 unspecified atom stereocenters. The van der Waals surface area contributed by atoms with E-state index >= 15 is 0 Å². The Kier molecular flexibility index (Phi) is 3.85. The van der Waals surface area contributed by atoms with Crippen LogP contribution in [0.2, 0.25) is 0 Å². The van der Waals surface area contributed by atoms with Gasteiger partial charge in [0, 0.05) is 16.6 Å². The molecule has 0 aliphatic rings. The van der Waals surface area contributed by atoms with Gasteiger partial charge in [0.25, 0.3) is 5.91 Å². The maximum Gasteiger partial charge on any atom is 0.272 e. The van der Waals surface area contributed by atoms with Gasteiger partial charge in [-0.1, -0.05) is 12.1 Å². The fraction of sp³-hybridized carbons (Fsp3) is 0.111. The third-order valence-corrected chi connectivity index (χ3v) is 3.63. The summed E-state index contributed by atoms with van der Waals surface area (Å²) in [6, 6.07) is 14.2. The Balaban J connectivity index is 1.84. The van der Waals surface area contributed by atoms with Crippen molar-refractivity contribution < 1.29 is 14.3 Å². The van der Waals surface area contributed by atoms with Gasteiger partial charge in [0.05, 0.1) is 12.6 Å². The maximum absolute atomic E-state index is 12.4. The Labute approximate surface area is 133 Å². The molecule has 0 spiro atoms. The van der Waals surface area contributed by atoms with Crippen LogP contribution in [0.3, 0.4) is 0 Å². The minimum absolute atomic E-state index is 0.00871. The Hall–Kier alpha value is -3.08. The molecule has 2 aromatic carbocycles. The molecule has 0 aliphatic carbocycles. The molecule has 23 heavy (non-hydrogen) atoms. The number of anilines is 1. The van der Waals surface area contributed by atoms with Gasteiger partial charge in [0.1, 0.15) is 11.4 Å². The molecule has 3 rings (SSSR count). The first kappa shape index (κ1) is 14.8. The number of methoxy groups -OCH3 is 1. The lowest BCUT2D eigenvalue weighted by atomic mass is 10.1. The van der Waals surface area contributed by atoms with Gasteiger partial charge in [0.15, 0.2) is 5.78 Å². The van der Waals surface area contributed by atoms with E-state index in [-0.39, 0.29) is 11.7 Å². The Morgan fingerprint density at radius 2 is 1.83 bits per heavy atom. The summed E-state index contributed by atoms with van der Waals surface area (Å²) in [5, 5.41) is 3.70. The van der Waals surface area contributed by atoms with Gasteiger partial charge in [-0.15, -0.1) is 0 Å². The summed E-state index contributed by atoms with van der Waals surface area (Å²) in [5.41, 5.74) is 2.47. The quantitative estimate of drug-likeness (QED) is 0.723. The zero-order valence-electron chi connectivity index (χ0n) is 12.8. The minimum Gasteiger partial charge on any atom is -0.495 e. The van der Waals surface area contributed by atoms with Crippen LogP contribution in [0.4, 0.5) is 5.69 Å². The van der Waals surface area contributed by atoms with Crippen LogP contribution in [0.15, 0.2) is 48.5 Å². The van der Waals surface area contributed by atoms with E-state index in [1.54, 1.807) is 37.4 Å². The van der Waals surface area contributed by atoms with E-state index in [2.05, 4.69) is 10.3 Å². The van der Waals surface area contributed by atoms with Crippen molar-refractivity contribution in [3.8, 4) is 5.75 Å². The van der Waals surface area contributed by atoms with Crippen molar-refractivity contribution in [2.24, 2.45) is 0 Å². The van der Waals surface area contributed by atoms with Crippen LogP contribution < -0.4 is 10.1 Å². The number of carbonyl (C=O) groups is 2. The standard InChI is InChI=1S/C18H16N2O3/c1-11(21)12-6-8-14(9-7-12)19-18(22)15-10-13-4-3-5-16(23-2)17(13)20-15/h3-10,20H,1-2H3,(H,19,22). The molecule has 3 aromatic rings. The lowest BCUT2D eigenvalue weighted by Gasteiger charge is -2.04. The molecule has 0 saturated heterocycles. The summed E-state index contributed by atoms with van der Waals surface area (Å²) in [5.74, 6) is 0.428. The largest absolute Gasteiger partial charge is 0.495 e. The zero-order valence-corrected chi connectivity index (χ0v) is 12.8. The summed E-state index contributed by atoms with van der Waals surface area (Å²) >= 11 is 0. The van der Waals surface area contributed by atoms with Crippen molar-refractivity contribution in [1.29, 1.82) is 0 Å². The van der Waals surface area contributed by atoms with Crippen LogP contribution in [0, 0.1) is 0 Å². The first-order valence-corrected chi connectivity index (χ1v) is 7.16. The van der Waals surface area contributed by atoms with E-state index in [9.17, 15) is 9.59 Å². The molecule has 0 fully saturated rings. The van der Waals surface area contributed by atoms with Crippen molar-refractivity contribution in [3.63, 3.8) is 0 Å². The number of ether oxygens (including phenoxy) is 1. The number of fused-ring (bicyclic) bond motifs is 1. The monoisotopic (exact) mass is 308 g/mol. The van der Waals surface area contributed by atoms with Crippen molar-refractivity contribution in [2.75, 3.05) is 12.4 Å². The molecule has 116 valence electrons. The van der Waals surface area contributed by atoms with Gasteiger partial charge in [-0.05, 0) is 43.3 Å². The highest BCUT2D eigenvalue weighted by atomic mass is 16.5. The third kappa shape index (κ3) is 2.94. The molecule has 0 bridgehead atoms. The number of amides is 1. The van der Waals surface area contributed by atoms with Crippen LogP contribution in [0.1, 0.15) is 27.8 Å². The number of aromatic amines is 1. The van der Waals surface area contributed by atoms with Crippen LogP contribution in [-0.2, 0) is 0 Å². The van der Waals surface area contributed by atoms with Crippen molar-refractivity contribution in [1.82, 2.24) is 4.98 Å². The van der Waals surface area contributed by atoms with E-state index in [1.807, 2.05) is 18.2 Å². The molecule has 0 atom stereocenters. The smallest absolute Gasteiger partial charge is 0.272 e. The first-order chi connectivity index (χ1) is 11.1. The summed E-state index contributed by atoms with van der Waals surface area (Å²) in [7, 11) is 1.59. The van der Waals surface area contributed by atoms with Gasteiger partial charge in [-0.25, -0.2) is 0 Å². The molecule has 1 aromatic heterocycles. The number of ketones is 1. The van der Waals surface area contributed by atoms with Crippen LogP contribution in [-0.4, -0.2) is 23.8 Å². The van der Waals surface area contributed by atoms with Gasteiger partial charge < -0.3 is 15.0 Å². The molecule has 1 heterocycles. The van der Waals surface area contributed by atoms with Gasteiger partial charge in [-0.3, -0.25) is 9.59 Å². The number of rotatable bonds is 4. The number of para-hydroxylation sites is 1. The summed E-state index contributed by atoms with van der Waals surface area (Å²) < 4.78 is 5.28. The number of nitrogens with one attached hydrogen (secondary N) is 2. The number of Topliss-reactive ketones (excluding diaryl/α,β-unsaturated/α-hetero) is 1. The Bertz CT molecular complexity index is 879. The Morgan fingerprint density at radius 1 is 1.09 bits per heavy atom. The molecule has 2 N–H and O–H groups in total. The van der Waals surface area contributed by atoms with Crippen molar-refractivity contribution >= 4 is 28.3 Å². The topological polar surface area (TPSA) is 71.2 Å². The summed E-state index contributed by atoms with van der Waals surface area (Å²) in [4.78, 5) is 26.7. The average molecular weight is 308 g/mol. The number of carbonyl (C=O) groups excluding carboxylic acids is 2. The summed E-state index contributed by atoms with van der Waals surface area (Å²) in [6.45, 7) is 1.51. The lowest BCUT2D eigenvalue weighted by Crippen LogP contribution is -2.12. The second-order valence-corrected chi connectivity index (χ2v) is 5.20. The van der Waals surface area contributed by atoms with E-state index in [0.717, 1.165) is 10.9 Å². The first-order valence-electron chi connectivity index (χ1n) is 7.16. The van der Waals surface area contributed by atoms with Gasteiger partial charge in [0.2, 0.25) is 0 Å². The average Bonchev–Trinajstić information content (AvgIpc) is 2.99. The Morgan fingerprint density at radius 3 is 2.48 bits per heavy atom. The van der Waals surface area contributed by atoms with Crippen LogP contribution in [0.5, 0.6) is 5.75 Å². The van der Waals surface area contributed by atoms with Crippen LogP contribution in [0.25, 0.3) is 10.9 Å². The molecule has 1 amide bonds. The number of hydrogen-bond acceptors (Lipinski definition) is 3. The molecular formula is C18H16N2O3. The highest BCUT2D eigenvalue weighted by molar-refractivity contribution is 6.06. The second kappa shape index (κ2) is 5.96. The fourth-order valence-corrected chi connectivity index (χ4v) is 2.41. The normalized spacial score (nSPS) is 10.5. The van der Waals surface area contributed by atoms with Gasteiger partial charge >= 0.3 is 0 Å².